The zero-order valence-corrected chi connectivity index (χ0v) is 21.0. The lowest BCUT2D eigenvalue weighted by molar-refractivity contribution is 0.0799. The van der Waals surface area contributed by atoms with Crippen molar-refractivity contribution in [3.63, 3.8) is 0 Å². The van der Waals surface area contributed by atoms with Gasteiger partial charge in [-0.25, -0.2) is 14.4 Å². The molecule has 0 saturated carbocycles. The normalized spacial score (nSPS) is 19.5. The summed E-state index contributed by atoms with van der Waals surface area (Å²) in [6.07, 6.45) is 4.79. The molecule has 2 atom stereocenters. The lowest BCUT2D eigenvalue weighted by Crippen LogP contribution is -2.20. The summed E-state index contributed by atoms with van der Waals surface area (Å²) < 4.78 is 21.3. The van der Waals surface area contributed by atoms with Gasteiger partial charge in [0.2, 0.25) is 0 Å². The maximum atomic E-state index is 13.7. The molecule has 0 radical (unpaired) electrons. The Balaban J connectivity index is 1.36. The Morgan fingerprint density at radius 2 is 2.14 bits per heavy atom. The molecule has 3 aromatic heterocycles. The number of pyridine rings is 2. The molecule has 0 aliphatic carbocycles. The molecule has 0 amide bonds. The maximum absolute atomic E-state index is 13.7. The SMILES string of the molecule is CN(C)Cc1nc(Nc2ccc(-c3cnc4cc(F)ccn34)c3c2C(O)NC3)ccc1[C@H]1CCCOC1. The number of ether oxygens (including phenoxy) is 1. The summed E-state index contributed by atoms with van der Waals surface area (Å²) in [5.41, 5.74) is 7.17. The quantitative estimate of drug-likeness (QED) is 0.362. The number of aliphatic hydroxyl groups excluding tert-OH is 1. The number of fused-ring (bicyclic) bond motifs is 2. The zero-order chi connectivity index (χ0) is 25.5. The Labute approximate surface area is 215 Å². The first-order valence-electron chi connectivity index (χ1n) is 12.7. The summed E-state index contributed by atoms with van der Waals surface area (Å²) in [4.78, 5) is 11.5. The Bertz CT molecular complexity index is 1450. The van der Waals surface area contributed by atoms with Gasteiger partial charge in [0.25, 0.3) is 0 Å². The molecule has 37 heavy (non-hydrogen) atoms. The summed E-state index contributed by atoms with van der Waals surface area (Å²) in [5.74, 6) is 0.769. The Morgan fingerprint density at radius 3 is 2.95 bits per heavy atom. The van der Waals surface area contributed by atoms with Gasteiger partial charge in [-0.2, -0.15) is 0 Å². The van der Waals surface area contributed by atoms with Crippen molar-refractivity contribution >= 4 is 17.2 Å². The lowest BCUT2D eigenvalue weighted by atomic mass is 9.92. The first kappa shape index (κ1) is 24.0. The summed E-state index contributed by atoms with van der Waals surface area (Å²) in [5, 5.41) is 17.4. The van der Waals surface area contributed by atoms with Crippen LogP contribution in [0.3, 0.4) is 0 Å². The van der Waals surface area contributed by atoms with Crippen LogP contribution in [0.15, 0.2) is 48.8 Å². The monoisotopic (exact) mass is 502 g/mol. The number of aliphatic hydroxyl groups is 1. The van der Waals surface area contributed by atoms with E-state index >= 15 is 0 Å². The minimum Gasteiger partial charge on any atom is -0.381 e. The molecule has 1 aromatic carbocycles. The van der Waals surface area contributed by atoms with Crippen molar-refractivity contribution in [3.8, 4) is 11.3 Å². The van der Waals surface area contributed by atoms with Gasteiger partial charge in [-0.1, -0.05) is 12.1 Å². The number of imidazole rings is 1. The van der Waals surface area contributed by atoms with Crippen LogP contribution in [0, 0.1) is 5.82 Å². The van der Waals surface area contributed by atoms with E-state index in [-0.39, 0.29) is 5.82 Å². The highest BCUT2D eigenvalue weighted by Gasteiger charge is 2.28. The highest BCUT2D eigenvalue weighted by atomic mass is 19.1. The van der Waals surface area contributed by atoms with Gasteiger partial charge in [-0.05, 0) is 56.3 Å². The highest BCUT2D eigenvalue weighted by Crippen LogP contribution is 2.39. The molecule has 2 aliphatic rings. The average Bonchev–Trinajstić information content (AvgIpc) is 3.48. The van der Waals surface area contributed by atoms with Crippen LogP contribution in [-0.4, -0.2) is 51.7 Å². The fourth-order valence-corrected chi connectivity index (χ4v) is 5.48. The number of benzene rings is 1. The van der Waals surface area contributed by atoms with Gasteiger partial charge in [0, 0.05) is 54.7 Å². The van der Waals surface area contributed by atoms with Crippen molar-refractivity contribution in [3.05, 3.63) is 77.0 Å². The zero-order valence-electron chi connectivity index (χ0n) is 21.0. The molecule has 4 aromatic rings. The first-order chi connectivity index (χ1) is 18.0. The van der Waals surface area contributed by atoms with Gasteiger partial charge < -0.3 is 20.1 Å². The van der Waals surface area contributed by atoms with E-state index < -0.39 is 6.23 Å². The van der Waals surface area contributed by atoms with E-state index in [4.69, 9.17) is 9.72 Å². The molecular formula is C28H31FN6O2. The predicted octanol–water partition coefficient (Wildman–Crippen LogP) is 4.33. The van der Waals surface area contributed by atoms with Gasteiger partial charge in [-0.15, -0.1) is 0 Å². The molecule has 9 heteroatoms. The first-order valence-corrected chi connectivity index (χ1v) is 12.7. The molecular weight excluding hydrogens is 471 g/mol. The molecule has 6 rings (SSSR count). The van der Waals surface area contributed by atoms with Gasteiger partial charge in [-0.3, -0.25) is 9.72 Å². The largest absolute Gasteiger partial charge is 0.381 e. The minimum atomic E-state index is -0.811. The molecule has 0 spiro atoms. The summed E-state index contributed by atoms with van der Waals surface area (Å²) in [7, 11) is 4.09. The van der Waals surface area contributed by atoms with Crippen molar-refractivity contribution in [1.82, 2.24) is 24.6 Å². The molecule has 1 unspecified atom stereocenters. The number of nitrogens with one attached hydrogen (secondary N) is 2. The van der Waals surface area contributed by atoms with Crippen LogP contribution in [0.25, 0.3) is 16.9 Å². The summed E-state index contributed by atoms with van der Waals surface area (Å²) >= 11 is 0. The minimum absolute atomic E-state index is 0.324. The van der Waals surface area contributed by atoms with Crippen LogP contribution in [0.5, 0.6) is 0 Å². The number of hydrogen-bond acceptors (Lipinski definition) is 7. The van der Waals surface area contributed by atoms with Crippen molar-refractivity contribution < 1.29 is 14.2 Å². The molecule has 8 nitrogen and oxygen atoms in total. The molecule has 192 valence electrons. The second-order valence-electron chi connectivity index (χ2n) is 10.1. The van der Waals surface area contributed by atoms with Crippen molar-refractivity contribution in [1.29, 1.82) is 0 Å². The van der Waals surface area contributed by atoms with E-state index in [1.807, 2.05) is 36.7 Å². The Hall–Kier alpha value is -3.37. The molecule has 1 saturated heterocycles. The third kappa shape index (κ3) is 4.59. The number of halogens is 1. The third-order valence-corrected chi connectivity index (χ3v) is 7.19. The molecule has 5 heterocycles. The van der Waals surface area contributed by atoms with E-state index in [1.165, 1.54) is 17.7 Å². The standard InChI is InChI=1S/C28H31FN6O2/c1-34(2)15-23-19(17-4-3-11-37-16-17)6-8-25(33-23)32-22-7-5-20(21-13-31-28(36)27(21)22)24-14-30-26-12-18(29)9-10-35(24)26/h5-10,12,14,17,28,31,36H,3-4,11,13,15-16H2,1-2H3,(H,32,33)/t17-,28?/m0/s1. The van der Waals surface area contributed by atoms with Crippen LogP contribution in [0.1, 0.15) is 47.4 Å². The summed E-state index contributed by atoms with van der Waals surface area (Å²) in [6.45, 7) is 2.81. The van der Waals surface area contributed by atoms with Crippen LogP contribution >= 0.6 is 0 Å². The van der Waals surface area contributed by atoms with Crippen molar-refractivity contribution in [2.45, 2.75) is 38.1 Å². The van der Waals surface area contributed by atoms with Crippen LogP contribution in [-0.2, 0) is 17.8 Å². The average molecular weight is 503 g/mol. The maximum Gasteiger partial charge on any atom is 0.140 e. The van der Waals surface area contributed by atoms with Crippen molar-refractivity contribution in [2.75, 3.05) is 32.6 Å². The van der Waals surface area contributed by atoms with Crippen LogP contribution < -0.4 is 10.6 Å². The van der Waals surface area contributed by atoms with E-state index in [0.717, 1.165) is 72.2 Å². The smallest absolute Gasteiger partial charge is 0.140 e. The third-order valence-electron chi connectivity index (χ3n) is 7.19. The van der Waals surface area contributed by atoms with E-state index in [2.05, 4.69) is 26.6 Å². The van der Waals surface area contributed by atoms with Gasteiger partial charge >= 0.3 is 0 Å². The topological polar surface area (TPSA) is 87.0 Å². The number of anilines is 2. The van der Waals surface area contributed by atoms with Crippen LogP contribution in [0.4, 0.5) is 15.9 Å². The lowest BCUT2D eigenvalue weighted by Gasteiger charge is -2.25. The second-order valence-corrected chi connectivity index (χ2v) is 10.1. The number of aromatic nitrogens is 3. The second kappa shape index (κ2) is 9.83. The van der Waals surface area contributed by atoms with E-state index in [0.29, 0.717) is 18.1 Å². The van der Waals surface area contributed by atoms with Crippen LogP contribution in [0.2, 0.25) is 0 Å². The fraction of sp³-hybridized carbons (Fsp3) is 0.357. The van der Waals surface area contributed by atoms with Crippen molar-refractivity contribution in [2.24, 2.45) is 0 Å². The van der Waals surface area contributed by atoms with Gasteiger partial charge in [0.15, 0.2) is 0 Å². The number of hydrogen-bond donors (Lipinski definition) is 3. The predicted molar refractivity (Wildman–Crippen MR) is 140 cm³/mol. The Morgan fingerprint density at radius 1 is 1.24 bits per heavy atom. The Kier molecular flexibility index (Phi) is 6.37. The molecule has 1 fully saturated rings. The highest BCUT2D eigenvalue weighted by molar-refractivity contribution is 5.76. The molecule has 3 N–H and O–H groups in total. The van der Waals surface area contributed by atoms with Gasteiger partial charge in [0.05, 0.1) is 24.2 Å². The molecule has 0 bridgehead atoms. The van der Waals surface area contributed by atoms with E-state index in [1.54, 1.807) is 12.4 Å². The van der Waals surface area contributed by atoms with E-state index in [9.17, 15) is 9.50 Å². The number of rotatable bonds is 6. The summed E-state index contributed by atoms with van der Waals surface area (Å²) in [6, 6.07) is 11.0. The number of nitrogens with zero attached hydrogens (tertiary/aromatic N) is 4. The van der Waals surface area contributed by atoms with Gasteiger partial charge in [0.1, 0.15) is 23.5 Å². The molecule has 2 aliphatic heterocycles. The fourth-order valence-electron chi connectivity index (χ4n) is 5.48.